The number of rotatable bonds is 5. The summed E-state index contributed by atoms with van der Waals surface area (Å²) in [5.74, 6) is -0.194. The fourth-order valence-corrected chi connectivity index (χ4v) is 4.23. The van der Waals surface area contributed by atoms with E-state index in [4.69, 9.17) is 4.84 Å². The Bertz CT molecular complexity index is 923. The number of carbonyl (C=O) groups is 2. The minimum absolute atomic E-state index is 0.137. The zero-order valence-electron chi connectivity index (χ0n) is 15.5. The minimum atomic E-state index is -0.504. The highest BCUT2D eigenvalue weighted by Gasteiger charge is 2.25. The van der Waals surface area contributed by atoms with Crippen molar-refractivity contribution in [1.82, 2.24) is 0 Å². The third-order valence-corrected chi connectivity index (χ3v) is 5.56. The molecule has 2 aliphatic carbocycles. The monoisotopic (exact) mass is 361 g/mol. The van der Waals surface area contributed by atoms with Crippen molar-refractivity contribution in [2.24, 2.45) is 11.1 Å². The van der Waals surface area contributed by atoms with Crippen molar-refractivity contribution in [3.8, 4) is 11.1 Å². The zero-order valence-corrected chi connectivity index (χ0v) is 15.5. The van der Waals surface area contributed by atoms with Gasteiger partial charge in [0.25, 0.3) is 0 Å². The van der Waals surface area contributed by atoms with Crippen molar-refractivity contribution < 1.29 is 14.4 Å². The second-order valence-corrected chi connectivity index (χ2v) is 7.51. The average Bonchev–Trinajstić information content (AvgIpc) is 3.31. The summed E-state index contributed by atoms with van der Waals surface area (Å²) in [4.78, 5) is 29.1. The molecule has 0 unspecified atom stereocenters. The molecule has 2 aromatic rings. The predicted molar refractivity (Wildman–Crippen MR) is 105 cm³/mol. The Labute approximate surface area is 159 Å². The highest BCUT2D eigenvalue weighted by molar-refractivity contribution is 6.46. The molecule has 27 heavy (non-hydrogen) atoms. The lowest BCUT2D eigenvalue weighted by Gasteiger charge is -2.11. The van der Waals surface area contributed by atoms with E-state index in [1.807, 2.05) is 30.3 Å². The average molecular weight is 361 g/mol. The molecule has 4 heteroatoms. The Morgan fingerprint density at radius 1 is 1.04 bits per heavy atom. The molecule has 0 N–H and O–H groups in total. The molecule has 2 aromatic carbocycles. The Morgan fingerprint density at radius 3 is 2.56 bits per heavy atom. The van der Waals surface area contributed by atoms with Crippen molar-refractivity contribution in [2.75, 3.05) is 0 Å². The first-order valence-electron chi connectivity index (χ1n) is 9.62. The molecule has 0 saturated heterocycles. The normalized spacial score (nSPS) is 16.1. The fourth-order valence-electron chi connectivity index (χ4n) is 4.23. The second-order valence-electron chi connectivity index (χ2n) is 7.51. The van der Waals surface area contributed by atoms with Crippen LogP contribution in [0.2, 0.25) is 0 Å². The van der Waals surface area contributed by atoms with Crippen LogP contribution in [0.1, 0.15) is 60.5 Å². The van der Waals surface area contributed by atoms with E-state index in [9.17, 15) is 9.59 Å². The van der Waals surface area contributed by atoms with Crippen LogP contribution in [0, 0.1) is 5.92 Å². The van der Waals surface area contributed by atoms with E-state index < -0.39 is 5.97 Å². The van der Waals surface area contributed by atoms with Gasteiger partial charge in [0.2, 0.25) is 5.78 Å². The van der Waals surface area contributed by atoms with Crippen molar-refractivity contribution in [2.45, 2.75) is 45.4 Å². The van der Waals surface area contributed by atoms with Crippen LogP contribution < -0.4 is 0 Å². The molecule has 138 valence electrons. The molecule has 0 aromatic heterocycles. The molecule has 0 spiro atoms. The van der Waals surface area contributed by atoms with Gasteiger partial charge in [0.15, 0.2) is 0 Å². The fraction of sp³-hybridized carbons (Fsp3) is 0.348. The molecular weight excluding hydrogens is 338 g/mol. The first-order valence-corrected chi connectivity index (χ1v) is 9.62. The van der Waals surface area contributed by atoms with Gasteiger partial charge in [0, 0.05) is 12.5 Å². The number of fused-ring (bicyclic) bond motifs is 3. The van der Waals surface area contributed by atoms with Gasteiger partial charge >= 0.3 is 5.97 Å². The summed E-state index contributed by atoms with van der Waals surface area (Å²) in [6.07, 6.45) is 6.00. The summed E-state index contributed by atoms with van der Waals surface area (Å²) in [5.41, 5.74) is 5.85. The number of benzene rings is 2. The van der Waals surface area contributed by atoms with Gasteiger partial charge < -0.3 is 4.84 Å². The summed E-state index contributed by atoms with van der Waals surface area (Å²) in [6, 6.07) is 14.2. The molecule has 1 fully saturated rings. The molecule has 0 amide bonds. The Hall–Kier alpha value is -2.75. The molecule has 0 radical (unpaired) electrons. The lowest BCUT2D eigenvalue weighted by Crippen LogP contribution is -2.19. The van der Waals surface area contributed by atoms with Crippen LogP contribution in [0.5, 0.6) is 0 Å². The Kier molecular flexibility index (Phi) is 4.88. The summed E-state index contributed by atoms with van der Waals surface area (Å²) in [6.45, 7) is 1.30. The molecule has 2 aliphatic rings. The summed E-state index contributed by atoms with van der Waals surface area (Å²) in [7, 11) is 0. The summed E-state index contributed by atoms with van der Waals surface area (Å²) < 4.78 is 0. The van der Waals surface area contributed by atoms with E-state index in [-0.39, 0.29) is 5.78 Å². The lowest BCUT2D eigenvalue weighted by molar-refractivity contribution is -0.140. The molecular formula is C23H23NO3. The van der Waals surface area contributed by atoms with E-state index in [2.05, 4.69) is 17.3 Å². The van der Waals surface area contributed by atoms with Crippen molar-refractivity contribution in [3.05, 3.63) is 59.2 Å². The molecule has 0 atom stereocenters. The third kappa shape index (κ3) is 3.70. The van der Waals surface area contributed by atoms with Gasteiger partial charge in [-0.15, -0.1) is 0 Å². The van der Waals surface area contributed by atoms with Crippen LogP contribution in [0.4, 0.5) is 0 Å². The van der Waals surface area contributed by atoms with Gasteiger partial charge in [-0.1, -0.05) is 67.2 Å². The van der Waals surface area contributed by atoms with E-state index in [1.54, 1.807) is 0 Å². The summed E-state index contributed by atoms with van der Waals surface area (Å²) >= 11 is 0. The minimum Gasteiger partial charge on any atom is -0.318 e. The van der Waals surface area contributed by atoms with E-state index in [0.717, 1.165) is 24.8 Å². The first kappa shape index (κ1) is 17.7. The quantitative estimate of drug-likeness (QED) is 0.280. The number of nitrogens with zero attached hydrogens (tertiary/aromatic N) is 1. The highest BCUT2D eigenvalue weighted by Crippen LogP contribution is 2.37. The van der Waals surface area contributed by atoms with Gasteiger partial charge in [-0.3, -0.25) is 4.79 Å². The predicted octanol–water partition coefficient (Wildman–Crippen LogP) is 4.94. The van der Waals surface area contributed by atoms with E-state index in [1.165, 1.54) is 36.5 Å². The van der Waals surface area contributed by atoms with Gasteiger partial charge in [0.1, 0.15) is 5.71 Å². The number of Topliss-reactive ketones (excluding diaryl/α,β-unsaturated/α-hetero) is 1. The van der Waals surface area contributed by atoms with Crippen LogP contribution in [-0.4, -0.2) is 17.5 Å². The lowest BCUT2D eigenvalue weighted by atomic mass is 9.94. The van der Waals surface area contributed by atoms with Gasteiger partial charge in [-0.25, -0.2) is 4.79 Å². The smallest absolute Gasteiger partial charge is 0.318 e. The first-order chi connectivity index (χ1) is 13.1. The van der Waals surface area contributed by atoms with Crippen molar-refractivity contribution in [3.63, 3.8) is 0 Å². The maximum absolute atomic E-state index is 13.1. The Balaban J connectivity index is 1.60. The summed E-state index contributed by atoms with van der Waals surface area (Å²) in [5, 5.41) is 3.91. The maximum Gasteiger partial charge on any atom is 0.331 e. The van der Waals surface area contributed by atoms with Crippen LogP contribution in [0.25, 0.3) is 11.1 Å². The molecule has 0 heterocycles. The van der Waals surface area contributed by atoms with Crippen molar-refractivity contribution >= 4 is 17.5 Å². The molecule has 4 rings (SSSR count). The number of hydrogen-bond donors (Lipinski definition) is 0. The molecule has 0 aliphatic heterocycles. The molecule has 0 bridgehead atoms. The molecule has 1 saturated carbocycles. The van der Waals surface area contributed by atoms with Crippen molar-refractivity contribution in [1.29, 1.82) is 0 Å². The SMILES string of the molecule is CC(=O)O/N=C(\CC1CCCC1)C(=O)c1ccc2c(c1)Cc1ccccc1-2. The maximum atomic E-state index is 13.1. The molecule has 4 nitrogen and oxygen atoms in total. The number of ketones is 1. The number of oxime groups is 1. The third-order valence-electron chi connectivity index (χ3n) is 5.56. The van der Waals surface area contributed by atoms with E-state index >= 15 is 0 Å². The zero-order chi connectivity index (χ0) is 18.8. The largest absolute Gasteiger partial charge is 0.331 e. The van der Waals surface area contributed by atoms with E-state index in [0.29, 0.717) is 23.6 Å². The van der Waals surface area contributed by atoms with Gasteiger partial charge in [0.05, 0.1) is 0 Å². The Morgan fingerprint density at radius 2 is 1.78 bits per heavy atom. The second kappa shape index (κ2) is 7.47. The van der Waals surface area contributed by atoms with Gasteiger partial charge in [-0.2, -0.15) is 0 Å². The standard InChI is InChI=1S/C23H23NO3/c1-15(25)27-24-22(12-16-6-2-3-7-16)23(26)18-10-11-21-19(14-18)13-17-8-4-5-9-20(17)21/h4-5,8-11,14,16H,2-3,6-7,12-13H2,1H3/b24-22+. The van der Waals surface area contributed by atoms with Gasteiger partial charge in [-0.05, 0) is 47.1 Å². The van der Waals surface area contributed by atoms with Crippen LogP contribution in [0.15, 0.2) is 47.6 Å². The van der Waals surface area contributed by atoms with Crippen LogP contribution >= 0.6 is 0 Å². The highest BCUT2D eigenvalue weighted by atomic mass is 16.7. The topological polar surface area (TPSA) is 55.7 Å². The number of carbonyl (C=O) groups excluding carboxylic acids is 2. The van der Waals surface area contributed by atoms with Crippen LogP contribution in [0.3, 0.4) is 0 Å². The van der Waals surface area contributed by atoms with Crippen LogP contribution in [-0.2, 0) is 16.1 Å². The number of hydrogen-bond acceptors (Lipinski definition) is 4.